The highest BCUT2D eigenvalue weighted by molar-refractivity contribution is 5.82. The van der Waals surface area contributed by atoms with Crippen molar-refractivity contribution in [2.24, 2.45) is 11.8 Å². The molecule has 4 atom stereocenters. The quantitative estimate of drug-likeness (QED) is 0.689. The fourth-order valence-corrected chi connectivity index (χ4v) is 4.84. The van der Waals surface area contributed by atoms with Crippen molar-refractivity contribution in [3.8, 4) is 5.75 Å². The lowest BCUT2D eigenvalue weighted by Crippen LogP contribution is -2.54. The van der Waals surface area contributed by atoms with Crippen molar-refractivity contribution in [3.05, 3.63) is 42.2 Å². The van der Waals surface area contributed by atoms with E-state index >= 15 is 0 Å². The van der Waals surface area contributed by atoms with Gasteiger partial charge in [-0.3, -0.25) is 4.90 Å². The van der Waals surface area contributed by atoms with Crippen LogP contribution in [0, 0.1) is 11.8 Å². The predicted molar refractivity (Wildman–Crippen MR) is 102 cm³/mol. The summed E-state index contributed by atoms with van der Waals surface area (Å²) in [6, 6.07) is 7.27. The Bertz CT molecular complexity index is 762. The van der Waals surface area contributed by atoms with Gasteiger partial charge >= 0.3 is 0 Å². The minimum absolute atomic E-state index is 0.568. The molecule has 0 spiro atoms. The van der Waals surface area contributed by atoms with Gasteiger partial charge in [0, 0.05) is 24.0 Å². The number of rotatable bonds is 6. The second-order valence-electron chi connectivity index (χ2n) is 7.63. The lowest BCUT2D eigenvalue weighted by Gasteiger charge is -2.49. The Hall–Kier alpha value is -1.74. The minimum Gasteiger partial charge on any atom is -0.497 e. The molecule has 2 aromatic rings. The summed E-state index contributed by atoms with van der Waals surface area (Å²) in [6.07, 6.45) is 11.8. The van der Waals surface area contributed by atoms with Crippen molar-refractivity contribution >= 4 is 11.0 Å². The van der Waals surface area contributed by atoms with Crippen LogP contribution in [0.5, 0.6) is 5.75 Å². The van der Waals surface area contributed by atoms with E-state index in [1.165, 1.54) is 36.8 Å². The maximum absolute atomic E-state index is 5.80. The SMILES string of the molecule is CCC1CC2C=CC1N([C@@H](CC)Cc1coc3ccc(OC)cc13)C2. The number of furan rings is 1. The normalized spacial score (nSPS) is 27.1. The van der Waals surface area contributed by atoms with Crippen molar-refractivity contribution in [2.45, 2.75) is 51.6 Å². The molecule has 0 amide bonds. The molecular weight excluding hydrogens is 310 g/mol. The van der Waals surface area contributed by atoms with Gasteiger partial charge in [-0.25, -0.2) is 0 Å². The van der Waals surface area contributed by atoms with Crippen molar-refractivity contribution in [1.29, 1.82) is 0 Å². The van der Waals surface area contributed by atoms with Crippen LogP contribution in [-0.2, 0) is 6.42 Å². The molecule has 25 heavy (non-hydrogen) atoms. The average molecular weight is 339 g/mol. The maximum atomic E-state index is 5.80. The molecule has 3 unspecified atom stereocenters. The van der Waals surface area contributed by atoms with E-state index in [9.17, 15) is 0 Å². The Morgan fingerprint density at radius 2 is 2.16 bits per heavy atom. The highest BCUT2D eigenvalue weighted by Gasteiger charge is 2.39. The summed E-state index contributed by atoms with van der Waals surface area (Å²) in [7, 11) is 1.72. The summed E-state index contributed by atoms with van der Waals surface area (Å²) in [5, 5.41) is 1.20. The van der Waals surface area contributed by atoms with Gasteiger partial charge in [-0.15, -0.1) is 0 Å². The minimum atomic E-state index is 0.568. The molecule has 0 N–H and O–H groups in total. The molecule has 0 radical (unpaired) electrons. The second kappa shape index (κ2) is 6.87. The molecule has 1 saturated heterocycles. The van der Waals surface area contributed by atoms with Crippen LogP contribution >= 0.6 is 0 Å². The molecule has 3 nitrogen and oxygen atoms in total. The first-order chi connectivity index (χ1) is 12.2. The molecule has 0 saturated carbocycles. The van der Waals surface area contributed by atoms with Crippen molar-refractivity contribution in [2.75, 3.05) is 13.7 Å². The first-order valence-electron chi connectivity index (χ1n) is 9.71. The van der Waals surface area contributed by atoms with Crippen molar-refractivity contribution in [3.63, 3.8) is 0 Å². The van der Waals surface area contributed by atoms with Gasteiger partial charge in [0.25, 0.3) is 0 Å². The van der Waals surface area contributed by atoms with Crippen LogP contribution in [0.2, 0.25) is 0 Å². The number of nitrogens with zero attached hydrogens (tertiary/aromatic N) is 1. The van der Waals surface area contributed by atoms with Crippen LogP contribution < -0.4 is 4.74 Å². The highest BCUT2D eigenvalue weighted by atomic mass is 16.5. The van der Waals surface area contributed by atoms with E-state index in [4.69, 9.17) is 9.15 Å². The smallest absolute Gasteiger partial charge is 0.134 e. The first-order valence-corrected chi connectivity index (χ1v) is 9.71. The molecule has 3 heterocycles. The van der Waals surface area contributed by atoms with E-state index in [0.29, 0.717) is 12.1 Å². The highest BCUT2D eigenvalue weighted by Crippen LogP contribution is 2.38. The molecule has 1 fully saturated rings. The molecule has 134 valence electrons. The molecule has 3 heteroatoms. The van der Waals surface area contributed by atoms with E-state index in [2.05, 4.69) is 37.0 Å². The predicted octanol–water partition coefficient (Wildman–Crippen LogP) is 5.05. The van der Waals surface area contributed by atoms with Crippen molar-refractivity contribution < 1.29 is 9.15 Å². The number of fused-ring (bicyclic) bond motifs is 3. The van der Waals surface area contributed by atoms with E-state index in [0.717, 1.165) is 29.6 Å². The summed E-state index contributed by atoms with van der Waals surface area (Å²) in [6.45, 7) is 5.88. The fourth-order valence-electron chi connectivity index (χ4n) is 4.84. The van der Waals surface area contributed by atoms with E-state index in [1.54, 1.807) is 7.11 Å². The maximum Gasteiger partial charge on any atom is 0.134 e. The monoisotopic (exact) mass is 339 g/mol. The van der Waals surface area contributed by atoms with Crippen molar-refractivity contribution in [1.82, 2.24) is 4.90 Å². The first kappa shape index (κ1) is 16.7. The average Bonchev–Trinajstić information content (AvgIpc) is 3.08. The molecule has 2 bridgehead atoms. The van der Waals surface area contributed by atoms with Crippen LogP contribution in [0.15, 0.2) is 41.0 Å². The molecule has 3 aliphatic rings. The third-order valence-electron chi connectivity index (χ3n) is 6.28. The Morgan fingerprint density at radius 1 is 1.28 bits per heavy atom. The van der Waals surface area contributed by atoms with Gasteiger partial charge in [0.1, 0.15) is 11.3 Å². The molecule has 5 rings (SSSR count). The van der Waals surface area contributed by atoms with Gasteiger partial charge in [-0.05, 0) is 54.9 Å². The van der Waals surface area contributed by atoms with Gasteiger partial charge in [-0.2, -0.15) is 0 Å². The van der Waals surface area contributed by atoms with Crippen LogP contribution in [-0.4, -0.2) is 30.6 Å². The zero-order valence-corrected chi connectivity index (χ0v) is 15.6. The van der Waals surface area contributed by atoms with E-state index in [1.807, 2.05) is 18.4 Å². The zero-order chi connectivity index (χ0) is 17.4. The van der Waals surface area contributed by atoms with Gasteiger partial charge in [0.15, 0.2) is 0 Å². The summed E-state index contributed by atoms with van der Waals surface area (Å²) in [5.41, 5.74) is 2.26. The van der Waals surface area contributed by atoms with Gasteiger partial charge in [0.2, 0.25) is 0 Å². The summed E-state index contributed by atoms with van der Waals surface area (Å²) in [4.78, 5) is 2.77. The third-order valence-corrected chi connectivity index (χ3v) is 6.28. The van der Waals surface area contributed by atoms with Gasteiger partial charge < -0.3 is 9.15 Å². The van der Waals surface area contributed by atoms with Crippen LogP contribution in [0.1, 0.15) is 38.7 Å². The lowest BCUT2D eigenvalue weighted by molar-refractivity contribution is 0.0409. The fraction of sp³-hybridized carbons (Fsp3) is 0.545. The number of hydrogen-bond donors (Lipinski definition) is 0. The number of methoxy groups -OCH3 is 1. The Kier molecular flexibility index (Phi) is 4.60. The lowest BCUT2D eigenvalue weighted by atomic mass is 9.75. The van der Waals surface area contributed by atoms with Crippen LogP contribution in [0.25, 0.3) is 11.0 Å². The molecule has 1 aromatic heterocycles. The Labute approximate surface area is 150 Å². The number of ether oxygens (including phenoxy) is 1. The number of benzene rings is 1. The van der Waals surface area contributed by atoms with E-state index in [-0.39, 0.29) is 0 Å². The van der Waals surface area contributed by atoms with Crippen LogP contribution in [0.4, 0.5) is 0 Å². The topological polar surface area (TPSA) is 25.6 Å². The number of hydrogen-bond acceptors (Lipinski definition) is 3. The molecule has 2 aliphatic heterocycles. The Balaban J connectivity index is 1.59. The summed E-state index contributed by atoms with van der Waals surface area (Å²) >= 11 is 0. The second-order valence-corrected chi connectivity index (χ2v) is 7.63. The molecule has 1 aliphatic carbocycles. The van der Waals surface area contributed by atoms with E-state index < -0.39 is 0 Å². The zero-order valence-electron chi connectivity index (χ0n) is 15.6. The standard InChI is InChI=1S/C22H29NO2/c1-4-16-10-15-6-8-21(16)23(13-15)18(5-2)11-17-14-25-22-9-7-19(24-3)12-20(17)22/h6-9,12,14-16,18,21H,4-5,10-11,13H2,1-3H3/t15?,16?,18-,21?/m0/s1. The third kappa shape index (κ3) is 2.99. The van der Waals surface area contributed by atoms with Crippen LogP contribution in [0.3, 0.4) is 0 Å². The van der Waals surface area contributed by atoms with Gasteiger partial charge in [-0.1, -0.05) is 32.4 Å². The Morgan fingerprint density at radius 3 is 2.88 bits per heavy atom. The molecule has 1 aromatic carbocycles. The summed E-state index contributed by atoms with van der Waals surface area (Å²) in [5.74, 6) is 2.46. The molecular formula is C22H29NO2. The summed E-state index contributed by atoms with van der Waals surface area (Å²) < 4.78 is 11.2. The largest absolute Gasteiger partial charge is 0.497 e. The number of piperidine rings is 1. The van der Waals surface area contributed by atoms with Gasteiger partial charge in [0.05, 0.1) is 13.4 Å².